The average Bonchev–Trinajstić information content (AvgIpc) is 2.87. The normalized spacial score (nSPS) is 19.4. The lowest BCUT2D eigenvalue weighted by Gasteiger charge is -2.24. The van der Waals surface area contributed by atoms with Gasteiger partial charge in [-0.05, 0) is 24.1 Å². The number of hydrogen-bond acceptors (Lipinski definition) is 2. The smallest absolute Gasteiger partial charge is 0.326 e. The molecule has 1 saturated heterocycles. The Morgan fingerprint density at radius 3 is 2.85 bits per heavy atom. The molecule has 0 saturated carbocycles. The van der Waals surface area contributed by atoms with E-state index in [0.29, 0.717) is 18.5 Å². The van der Waals surface area contributed by atoms with E-state index in [2.05, 4.69) is 0 Å². The number of rotatable bonds is 3. The maximum Gasteiger partial charge on any atom is 0.416 e. The van der Waals surface area contributed by atoms with E-state index in [-0.39, 0.29) is 11.3 Å². The molecule has 0 unspecified atom stereocenters. The lowest BCUT2D eigenvalue weighted by molar-refractivity contribution is -0.137. The zero-order valence-electron chi connectivity index (χ0n) is 11.1. The molecule has 1 amide bonds. The van der Waals surface area contributed by atoms with Gasteiger partial charge in [-0.3, -0.25) is 4.79 Å². The van der Waals surface area contributed by atoms with Gasteiger partial charge in [-0.2, -0.15) is 13.2 Å². The van der Waals surface area contributed by atoms with Crippen molar-refractivity contribution in [2.75, 3.05) is 12.3 Å². The van der Waals surface area contributed by atoms with E-state index < -0.39 is 11.7 Å². The lowest BCUT2D eigenvalue weighted by Crippen LogP contribution is -2.30. The second-order valence-electron chi connectivity index (χ2n) is 4.68. The zero-order valence-corrected chi connectivity index (χ0v) is 11.9. The van der Waals surface area contributed by atoms with E-state index in [1.165, 1.54) is 17.8 Å². The number of carbonyl (C=O) groups is 1. The third-order valence-corrected chi connectivity index (χ3v) is 4.43. The minimum atomic E-state index is -4.35. The first kappa shape index (κ1) is 15.2. The SMILES string of the molecule is CCCC(=O)N1CCS[C@H]1c1cccc(C(F)(F)F)c1. The van der Waals surface area contributed by atoms with Crippen LogP contribution in [0.4, 0.5) is 13.2 Å². The summed E-state index contributed by atoms with van der Waals surface area (Å²) in [7, 11) is 0. The minimum Gasteiger partial charge on any atom is -0.326 e. The van der Waals surface area contributed by atoms with Crippen LogP contribution < -0.4 is 0 Å². The Balaban J connectivity index is 2.24. The van der Waals surface area contributed by atoms with Crippen LogP contribution in [0.1, 0.15) is 36.3 Å². The second-order valence-corrected chi connectivity index (χ2v) is 5.87. The van der Waals surface area contributed by atoms with Gasteiger partial charge in [-0.15, -0.1) is 11.8 Å². The van der Waals surface area contributed by atoms with E-state index >= 15 is 0 Å². The van der Waals surface area contributed by atoms with Crippen molar-refractivity contribution in [3.05, 3.63) is 35.4 Å². The summed E-state index contributed by atoms with van der Waals surface area (Å²) in [6.45, 7) is 2.52. The molecular weight excluding hydrogens is 287 g/mol. The summed E-state index contributed by atoms with van der Waals surface area (Å²) in [5, 5.41) is -0.295. The van der Waals surface area contributed by atoms with Gasteiger partial charge in [-0.1, -0.05) is 19.1 Å². The Labute approximate surface area is 120 Å². The molecule has 0 bridgehead atoms. The Bertz CT molecular complexity index is 490. The minimum absolute atomic E-state index is 0.0138. The first-order chi connectivity index (χ1) is 9.43. The Hall–Kier alpha value is -1.17. The zero-order chi connectivity index (χ0) is 14.8. The summed E-state index contributed by atoms with van der Waals surface area (Å²) in [4.78, 5) is 13.7. The summed E-state index contributed by atoms with van der Waals surface area (Å²) >= 11 is 1.51. The summed E-state index contributed by atoms with van der Waals surface area (Å²) in [5.74, 6) is 0.774. The molecule has 1 aromatic carbocycles. The fourth-order valence-electron chi connectivity index (χ4n) is 2.23. The molecule has 0 N–H and O–H groups in total. The number of carbonyl (C=O) groups excluding carboxylic acids is 1. The van der Waals surface area contributed by atoms with Gasteiger partial charge in [0.05, 0.1) is 5.56 Å². The van der Waals surface area contributed by atoms with E-state index in [0.717, 1.165) is 24.3 Å². The van der Waals surface area contributed by atoms with Gasteiger partial charge < -0.3 is 4.90 Å². The number of alkyl halides is 3. The van der Waals surface area contributed by atoms with Crippen LogP contribution in [0.15, 0.2) is 24.3 Å². The van der Waals surface area contributed by atoms with Gasteiger partial charge in [0.2, 0.25) is 5.91 Å². The molecule has 6 heteroatoms. The summed E-state index contributed by atoms with van der Waals surface area (Å²) in [5.41, 5.74) is -0.114. The maximum atomic E-state index is 12.7. The maximum absolute atomic E-state index is 12.7. The predicted octanol–water partition coefficient (Wildman–Crippen LogP) is 4.08. The highest BCUT2D eigenvalue weighted by molar-refractivity contribution is 7.99. The highest BCUT2D eigenvalue weighted by Gasteiger charge is 2.34. The van der Waals surface area contributed by atoms with Gasteiger partial charge in [0.15, 0.2) is 0 Å². The lowest BCUT2D eigenvalue weighted by atomic mass is 10.1. The molecule has 0 spiro atoms. The highest BCUT2D eigenvalue weighted by Crippen LogP contribution is 2.40. The predicted molar refractivity (Wildman–Crippen MR) is 73.3 cm³/mol. The first-order valence-electron chi connectivity index (χ1n) is 6.51. The number of amides is 1. The molecule has 1 aromatic rings. The Morgan fingerprint density at radius 1 is 1.45 bits per heavy atom. The largest absolute Gasteiger partial charge is 0.416 e. The van der Waals surface area contributed by atoms with Crippen molar-refractivity contribution in [2.45, 2.75) is 31.3 Å². The van der Waals surface area contributed by atoms with Crippen LogP contribution in [0, 0.1) is 0 Å². The van der Waals surface area contributed by atoms with Crippen molar-refractivity contribution in [1.82, 2.24) is 4.90 Å². The standard InChI is InChI=1S/C14H16F3NOS/c1-2-4-12(19)18-7-8-20-13(18)10-5-3-6-11(9-10)14(15,16)17/h3,5-6,9,13H,2,4,7-8H2,1H3/t13-/m0/s1. The van der Waals surface area contributed by atoms with Crippen molar-refractivity contribution in [3.8, 4) is 0 Å². The topological polar surface area (TPSA) is 20.3 Å². The van der Waals surface area contributed by atoms with Crippen LogP contribution in [0.2, 0.25) is 0 Å². The third kappa shape index (κ3) is 3.29. The number of hydrogen-bond donors (Lipinski definition) is 0. The van der Waals surface area contributed by atoms with Crippen molar-refractivity contribution in [2.24, 2.45) is 0 Å². The van der Waals surface area contributed by atoms with Crippen molar-refractivity contribution in [1.29, 1.82) is 0 Å². The van der Waals surface area contributed by atoms with E-state index in [1.54, 1.807) is 11.0 Å². The molecule has 2 rings (SSSR count). The number of nitrogens with zero attached hydrogens (tertiary/aromatic N) is 1. The van der Waals surface area contributed by atoms with Gasteiger partial charge in [0.1, 0.15) is 5.37 Å². The van der Waals surface area contributed by atoms with Crippen LogP contribution in [-0.2, 0) is 11.0 Å². The van der Waals surface area contributed by atoms with E-state index in [9.17, 15) is 18.0 Å². The molecule has 1 heterocycles. The third-order valence-electron chi connectivity index (χ3n) is 3.17. The van der Waals surface area contributed by atoms with Gasteiger partial charge >= 0.3 is 6.18 Å². The van der Waals surface area contributed by atoms with Gasteiger partial charge in [-0.25, -0.2) is 0 Å². The van der Waals surface area contributed by atoms with Crippen molar-refractivity contribution < 1.29 is 18.0 Å². The molecule has 0 radical (unpaired) electrons. The molecule has 1 fully saturated rings. The molecule has 0 aliphatic carbocycles. The summed E-state index contributed by atoms with van der Waals surface area (Å²) in [6, 6.07) is 5.26. The van der Waals surface area contributed by atoms with Crippen LogP contribution in [0.3, 0.4) is 0 Å². The van der Waals surface area contributed by atoms with Gasteiger partial charge in [0, 0.05) is 18.7 Å². The first-order valence-corrected chi connectivity index (χ1v) is 7.56. The fraction of sp³-hybridized carbons (Fsp3) is 0.500. The van der Waals surface area contributed by atoms with Crippen LogP contribution >= 0.6 is 11.8 Å². The highest BCUT2D eigenvalue weighted by atomic mass is 32.2. The number of benzene rings is 1. The van der Waals surface area contributed by atoms with Crippen LogP contribution in [0.25, 0.3) is 0 Å². The average molecular weight is 303 g/mol. The molecule has 1 aliphatic heterocycles. The van der Waals surface area contributed by atoms with Crippen molar-refractivity contribution in [3.63, 3.8) is 0 Å². The van der Waals surface area contributed by atoms with Gasteiger partial charge in [0.25, 0.3) is 0 Å². The van der Waals surface area contributed by atoms with E-state index in [4.69, 9.17) is 0 Å². The van der Waals surface area contributed by atoms with Crippen LogP contribution in [0.5, 0.6) is 0 Å². The summed E-state index contributed by atoms with van der Waals surface area (Å²) < 4.78 is 38.2. The number of thioether (sulfide) groups is 1. The quantitative estimate of drug-likeness (QED) is 0.838. The molecular formula is C14H16F3NOS. The molecule has 0 aromatic heterocycles. The van der Waals surface area contributed by atoms with Crippen LogP contribution in [-0.4, -0.2) is 23.1 Å². The Kier molecular flexibility index (Phi) is 4.62. The molecule has 20 heavy (non-hydrogen) atoms. The molecule has 1 atom stereocenters. The number of halogens is 3. The second kappa shape index (κ2) is 6.08. The Morgan fingerprint density at radius 2 is 2.20 bits per heavy atom. The molecule has 1 aliphatic rings. The monoisotopic (exact) mass is 303 g/mol. The molecule has 110 valence electrons. The summed E-state index contributed by atoms with van der Waals surface area (Å²) in [6.07, 6.45) is -3.16. The van der Waals surface area contributed by atoms with E-state index in [1.807, 2.05) is 6.92 Å². The van der Waals surface area contributed by atoms with Crippen molar-refractivity contribution >= 4 is 17.7 Å². The molecule has 2 nitrogen and oxygen atoms in total. The fourth-order valence-corrected chi connectivity index (χ4v) is 3.49.